The number of benzene rings is 1. The van der Waals surface area contributed by atoms with Gasteiger partial charge in [0.2, 0.25) is 5.91 Å². The number of fused-ring (bicyclic) bond motifs is 1. The Hall–Kier alpha value is -2.87. The minimum Gasteiger partial charge on any atom is -0.379 e. The minimum atomic E-state index is -0.307. The zero-order valence-electron chi connectivity index (χ0n) is 16.8. The van der Waals surface area contributed by atoms with E-state index in [1.165, 1.54) is 18.3 Å². The van der Waals surface area contributed by atoms with Crippen molar-refractivity contribution in [2.75, 3.05) is 20.2 Å². The second-order valence-corrected chi connectivity index (χ2v) is 8.06. The number of hydrogen-bond donors (Lipinski definition) is 1. The molecule has 2 heterocycles. The van der Waals surface area contributed by atoms with Gasteiger partial charge in [0, 0.05) is 26.4 Å². The molecular weight excluding hydrogens is 387 g/mol. The van der Waals surface area contributed by atoms with Crippen LogP contribution in [0.5, 0.6) is 0 Å². The zero-order chi connectivity index (χ0) is 21.1. The van der Waals surface area contributed by atoms with Crippen molar-refractivity contribution in [1.29, 1.82) is 0 Å². The molecule has 2 aromatic rings. The number of carbonyl (C=O) groups is 2. The average Bonchev–Trinajstić information content (AvgIpc) is 3.18. The molecule has 7 nitrogen and oxygen atoms in total. The van der Waals surface area contributed by atoms with Gasteiger partial charge in [0.25, 0.3) is 5.91 Å². The van der Waals surface area contributed by atoms with Crippen molar-refractivity contribution in [1.82, 2.24) is 20.4 Å². The molecule has 1 N–H and O–H groups in total. The van der Waals surface area contributed by atoms with Crippen LogP contribution in [-0.4, -0.2) is 59.3 Å². The SMILES string of the molecule is CO[C@H]1C[C@@H]2CN(C(=O)Cc3ccc(F)cc3)C[C@@H]2C[C@@H]1NC(=O)c1cccnn1. The molecule has 0 unspecified atom stereocenters. The molecule has 158 valence electrons. The van der Waals surface area contributed by atoms with E-state index in [-0.39, 0.29) is 41.9 Å². The predicted octanol–water partition coefficient (Wildman–Crippen LogP) is 1.84. The number of ether oxygens (including phenoxy) is 1. The predicted molar refractivity (Wildman–Crippen MR) is 107 cm³/mol. The molecule has 30 heavy (non-hydrogen) atoms. The Morgan fingerprint density at radius 1 is 1.17 bits per heavy atom. The van der Waals surface area contributed by atoms with Gasteiger partial charge in [-0.3, -0.25) is 9.59 Å². The number of aromatic nitrogens is 2. The van der Waals surface area contributed by atoms with E-state index in [0.717, 1.165) is 18.4 Å². The standard InChI is InChI=1S/C22H25FN4O3/c1-30-20-11-16-13-27(21(28)9-14-4-6-17(23)7-5-14)12-15(16)10-19(20)25-22(29)18-3-2-8-24-26-18/h2-8,15-16,19-20H,9-13H2,1H3,(H,25,29)/t15-,16+,19-,20-/m0/s1. The first kappa shape index (κ1) is 20.4. The van der Waals surface area contributed by atoms with Crippen molar-refractivity contribution in [3.05, 3.63) is 59.7 Å². The minimum absolute atomic E-state index is 0.0464. The Labute approximate surface area is 174 Å². The van der Waals surface area contributed by atoms with Gasteiger partial charge in [-0.1, -0.05) is 12.1 Å². The molecule has 1 saturated heterocycles. The van der Waals surface area contributed by atoms with Crippen molar-refractivity contribution in [3.63, 3.8) is 0 Å². The second kappa shape index (κ2) is 8.87. The Kier molecular flexibility index (Phi) is 6.03. The van der Waals surface area contributed by atoms with Crippen LogP contribution in [0.15, 0.2) is 42.6 Å². The first-order valence-corrected chi connectivity index (χ1v) is 10.2. The van der Waals surface area contributed by atoms with Gasteiger partial charge in [0.15, 0.2) is 5.69 Å². The molecule has 2 amide bonds. The summed E-state index contributed by atoms with van der Waals surface area (Å²) >= 11 is 0. The maximum Gasteiger partial charge on any atom is 0.272 e. The van der Waals surface area contributed by atoms with E-state index in [9.17, 15) is 14.0 Å². The van der Waals surface area contributed by atoms with Gasteiger partial charge in [-0.2, -0.15) is 5.10 Å². The van der Waals surface area contributed by atoms with Crippen LogP contribution < -0.4 is 5.32 Å². The number of nitrogens with one attached hydrogen (secondary N) is 1. The highest BCUT2D eigenvalue weighted by Crippen LogP contribution is 2.37. The largest absolute Gasteiger partial charge is 0.379 e. The van der Waals surface area contributed by atoms with E-state index in [0.29, 0.717) is 24.9 Å². The van der Waals surface area contributed by atoms with Crippen LogP contribution >= 0.6 is 0 Å². The molecule has 2 fully saturated rings. The van der Waals surface area contributed by atoms with E-state index in [1.54, 1.807) is 31.4 Å². The maximum atomic E-state index is 13.1. The third-order valence-corrected chi connectivity index (χ3v) is 6.16. The normalized spacial score (nSPS) is 25.6. The van der Waals surface area contributed by atoms with Crippen molar-refractivity contribution in [3.8, 4) is 0 Å². The third kappa shape index (κ3) is 4.48. The van der Waals surface area contributed by atoms with E-state index in [2.05, 4.69) is 15.5 Å². The first-order chi connectivity index (χ1) is 14.5. The molecule has 1 aromatic carbocycles. The molecule has 1 aliphatic carbocycles. The highest BCUT2D eigenvalue weighted by molar-refractivity contribution is 5.92. The van der Waals surface area contributed by atoms with Gasteiger partial charge in [0.05, 0.1) is 18.6 Å². The van der Waals surface area contributed by atoms with Crippen LogP contribution in [0.4, 0.5) is 4.39 Å². The number of rotatable bonds is 5. The fourth-order valence-corrected chi connectivity index (χ4v) is 4.58. The second-order valence-electron chi connectivity index (χ2n) is 8.06. The molecule has 1 saturated carbocycles. The van der Waals surface area contributed by atoms with Gasteiger partial charge in [-0.05, 0) is 54.5 Å². The lowest BCUT2D eigenvalue weighted by atomic mass is 9.77. The van der Waals surface area contributed by atoms with Crippen molar-refractivity contribution >= 4 is 11.8 Å². The smallest absolute Gasteiger partial charge is 0.272 e. The number of hydrogen-bond acceptors (Lipinski definition) is 5. The summed E-state index contributed by atoms with van der Waals surface area (Å²) in [5.41, 5.74) is 1.08. The van der Waals surface area contributed by atoms with Crippen molar-refractivity contribution in [2.45, 2.75) is 31.4 Å². The molecule has 1 aliphatic heterocycles. The summed E-state index contributed by atoms with van der Waals surface area (Å²) in [7, 11) is 1.65. The summed E-state index contributed by atoms with van der Waals surface area (Å²) in [6, 6.07) is 9.21. The summed E-state index contributed by atoms with van der Waals surface area (Å²) < 4.78 is 18.7. The van der Waals surface area contributed by atoms with Crippen LogP contribution in [0.25, 0.3) is 0 Å². The zero-order valence-corrected chi connectivity index (χ0v) is 16.8. The summed E-state index contributed by atoms with van der Waals surface area (Å²) in [6.07, 6.45) is 3.21. The fraction of sp³-hybridized carbons (Fsp3) is 0.455. The highest BCUT2D eigenvalue weighted by atomic mass is 19.1. The Balaban J connectivity index is 1.38. The molecule has 1 aromatic heterocycles. The Bertz CT molecular complexity index is 893. The van der Waals surface area contributed by atoms with E-state index in [4.69, 9.17) is 4.74 Å². The topological polar surface area (TPSA) is 84.4 Å². The molecule has 2 aliphatic rings. The molecule has 8 heteroatoms. The number of methoxy groups -OCH3 is 1. The van der Waals surface area contributed by atoms with Gasteiger partial charge >= 0.3 is 0 Å². The number of likely N-dealkylation sites (tertiary alicyclic amines) is 1. The number of halogens is 1. The van der Waals surface area contributed by atoms with Crippen LogP contribution in [-0.2, 0) is 16.0 Å². The summed E-state index contributed by atoms with van der Waals surface area (Å²) in [5.74, 6) is 0.122. The Morgan fingerprint density at radius 2 is 1.90 bits per heavy atom. The summed E-state index contributed by atoms with van der Waals surface area (Å²) in [6.45, 7) is 1.36. The first-order valence-electron chi connectivity index (χ1n) is 10.2. The van der Waals surface area contributed by atoms with Crippen LogP contribution in [0.1, 0.15) is 28.9 Å². The van der Waals surface area contributed by atoms with Gasteiger partial charge < -0.3 is 15.0 Å². The van der Waals surface area contributed by atoms with Gasteiger partial charge in [0.1, 0.15) is 5.82 Å². The monoisotopic (exact) mass is 412 g/mol. The molecule has 0 spiro atoms. The molecular formula is C22H25FN4O3. The lowest BCUT2D eigenvalue weighted by Gasteiger charge is -2.37. The van der Waals surface area contributed by atoms with Crippen LogP contribution in [0, 0.1) is 17.7 Å². The number of carbonyl (C=O) groups excluding carboxylic acids is 2. The lowest BCUT2D eigenvalue weighted by Crippen LogP contribution is -2.50. The van der Waals surface area contributed by atoms with E-state index in [1.807, 2.05) is 4.90 Å². The van der Waals surface area contributed by atoms with Crippen LogP contribution in [0.3, 0.4) is 0 Å². The van der Waals surface area contributed by atoms with Crippen molar-refractivity contribution in [2.24, 2.45) is 11.8 Å². The Morgan fingerprint density at radius 3 is 2.57 bits per heavy atom. The number of nitrogens with zero attached hydrogens (tertiary/aromatic N) is 3. The maximum absolute atomic E-state index is 13.1. The van der Waals surface area contributed by atoms with Gasteiger partial charge in [-0.25, -0.2) is 4.39 Å². The fourth-order valence-electron chi connectivity index (χ4n) is 4.58. The summed E-state index contributed by atoms with van der Waals surface area (Å²) in [5, 5.41) is 10.6. The van der Waals surface area contributed by atoms with E-state index < -0.39 is 0 Å². The average molecular weight is 412 g/mol. The summed E-state index contributed by atoms with van der Waals surface area (Å²) in [4.78, 5) is 27.1. The molecule has 4 rings (SSSR count). The molecule has 4 atom stereocenters. The van der Waals surface area contributed by atoms with E-state index >= 15 is 0 Å². The third-order valence-electron chi connectivity index (χ3n) is 6.16. The molecule has 0 bridgehead atoms. The number of amides is 2. The highest BCUT2D eigenvalue weighted by Gasteiger charge is 2.44. The quantitative estimate of drug-likeness (QED) is 0.810. The molecule has 0 radical (unpaired) electrons. The van der Waals surface area contributed by atoms with Crippen LogP contribution in [0.2, 0.25) is 0 Å². The lowest BCUT2D eigenvalue weighted by molar-refractivity contribution is -0.129. The van der Waals surface area contributed by atoms with Crippen molar-refractivity contribution < 1.29 is 18.7 Å². The van der Waals surface area contributed by atoms with Gasteiger partial charge in [-0.15, -0.1) is 5.10 Å².